The lowest BCUT2D eigenvalue weighted by atomic mass is 9.93. The zero-order valence-corrected chi connectivity index (χ0v) is 18.9. The zero-order chi connectivity index (χ0) is 24.5. The highest BCUT2D eigenvalue weighted by atomic mass is 19.3. The van der Waals surface area contributed by atoms with Crippen molar-refractivity contribution in [2.45, 2.75) is 43.8 Å². The van der Waals surface area contributed by atoms with E-state index in [0.29, 0.717) is 53.4 Å². The van der Waals surface area contributed by atoms with Crippen LogP contribution in [0, 0.1) is 11.3 Å². The highest BCUT2D eigenvalue weighted by Crippen LogP contribution is 2.37. The maximum atomic E-state index is 13.8. The molecule has 1 saturated carbocycles. The number of anilines is 1. The van der Waals surface area contributed by atoms with Crippen molar-refractivity contribution in [3.8, 4) is 12.0 Å². The number of aliphatic hydroxyl groups is 1. The molecule has 0 radical (unpaired) electrons. The number of halogens is 2. The molecule has 6 rings (SSSR count). The average Bonchev–Trinajstić information content (AvgIpc) is 3.36. The lowest BCUT2D eigenvalue weighted by Gasteiger charge is -2.39. The molecule has 4 aromatic rings. The van der Waals surface area contributed by atoms with E-state index in [1.54, 1.807) is 34.4 Å². The Morgan fingerprint density at radius 1 is 1.17 bits per heavy atom. The SMILES string of the molecule is Cn1c(=O)n(C2CCC(O)CC2)c2nc(-n3cnc4ccc(C#N)cc43)nc(N3CC(F)(F)C3)c21. The van der Waals surface area contributed by atoms with Crippen LogP contribution in [0.4, 0.5) is 14.6 Å². The van der Waals surface area contributed by atoms with Crippen LogP contribution < -0.4 is 10.6 Å². The summed E-state index contributed by atoms with van der Waals surface area (Å²) in [5.74, 6) is -2.40. The first-order chi connectivity index (χ1) is 16.8. The Hall–Kier alpha value is -3.85. The average molecular weight is 480 g/mol. The van der Waals surface area contributed by atoms with Gasteiger partial charge in [0.15, 0.2) is 11.5 Å². The lowest BCUT2D eigenvalue weighted by Crippen LogP contribution is -2.56. The van der Waals surface area contributed by atoms with E-state index in [-0.39, 0.29) is 23.5 Å². The Morgan fingerprint density at radius 2 is 1.91 bits per heavy atom. The second-order valence-electron chi connectivity index (χ2n) is 9.34. The fourth-order valence-electron chi connectivity index (χ4n) is 5.11. The lowest BCUT2D eigenvalue weighted by molar-refractivity contribution is -0.0265. The van der Waals surface area contributed by atoms with Gasteiger partial charge < -0.3 is 10.0 Å². The topological polar surface area (TPSA) is 118 Å². The van der Waals surface area contributed by atoms with Gasteiger partial charge in [0.2, 0.25) is 5.95 Å². The molecule has 0 spiro atoms. The van der Waals surface area contributed by atoms with E-state index in [1.165, 1.54) is 15.8 Å². The number of nitriles is 1. The highest BCUT2D eigenvalue weighted by molar-refractivity contribution is 5.86. The third kappa shape index (κ3) is 3.37. The fourth-order valence-corrected chi connectivity index (χ4v) is 5.11. The summed E-state index contributed by atoms with van der Waals surface area (Å²) < 4.78 is 32.3. The monoisotopic (exact) mass is 480 g/mol. The summed E-state index contributed by atoms with van der Waals surface area (Å²) in [5, 5.41) is 19.3. The molecule has 35 heavy (non-hydrogen) atoms. The predicted octanol–water partition coefficient (Wildman–Crippen LogP) is 2.27. The third-order valence-electron chi connectivity index (χ3n) is 6.96. The largest absolute Gasteiger partial charge is 0.393 e. The van der Waals surface area contributed by atoms with Crippen LogP contribution in [-0.2, 0) is 7.05 Å². The first kappa shape index (κ1) is 21.7. The minimum Gasteiger partial charge on any atom is -0.393 e. The Balaban J connectivity index is 1.60. The van der Waals surface area contributed by atoms with Crippen LogP contribution in [-0.4, -0.2) is 58.9 Å². The molecule has 180 valence electrons. The normalized spacial score (nSPS) is 21.9. The molecule has 4 heterocycles. The van der Waals surface area contributed by atoms with Gasteiger partial charge in [-0.3, -0.25) is 13.7 Å². The van der Waals surface area contributed by atoms with E-state index < -0.39 is 25.1 Å². The van der Waals surface area contributed by atoms with Crippen molar-refractivity contribution < 1.29 is 13.9 Å². The molecule has 12 heteroatoms. The van der Waals surface area contributed by atoms with Crippen molar-refractivity contribution >= 4 is 28.0 Å². The van der Waals surface area contributed by atoms with Gasteiger partial charge in [0.1, 0.15) is 11.8 Å². The zero-order valence-electron chi connectivity index (χ0n) is 18.9. The summed E-state index contributed by atoms with van der Waals surface area (Å²) in [6, 6.07) is 6.96. The van der Waals surface area contributed by atoms with Gasteiger partial charge in [0, 0.05) is 13.1 Å². The summed E-state index contributed by atoms with van der Waals surface area (Å²) in [4.78, 5) is 28.5. The van der Waals surface area contributed by atoms with Gasteiger partial charge in [-0.1, -0.05) is 0 Å². The number of alkyl halides is 2. The molecule has 2 fully saturated rings. The molecule has 1 aromatic carbocycles. The third-order valence-corrected chi connectivity index (χ3v) is 6.96. The molecule has 3 aromatic heterocycles. The van der Waals surface area contributed by atoms with Gasteiger partial charge in [-0.25, -0.2) is 18.6 Å². The first-order valence-electron chi connectivity index (χ1n) is 11.4. The first-order valence-corrected chi connectivity index (χ1v) is 11.4. The van der Waals surface area contributed by atoms with E-state index in [4.69, 9.17) is 4.98 Å². The predicted molar refractivity (Wildman–Crippen MR) is 123 cm³/mol. The molecule has 0 amide bonds. The van der Waals surface area contributed by atoms with Gasteiger partial charge in [0.05, 0.1) is 41.9 Å². The molecular formula is C23H22F2N8O2. The van der Waals surface area contributed by atoms with Crippen LogP contribution >= 0.6 is 0 Å². The van der Waals surface area contributed by atoms with Gasteiger partial charge >= 0.3 is 5.69 Å². The van der Waals surface area contributed by atoms with Crippen LogP contribution in [0.15, 0.2) is 29.3 Å². The maximum absolute atomic E-state index is 13.8. The smallest absolute Gasteiger partial charge is 0.330 e. The summed E-state index contributed by atoms with van der Waals surface area (Å²) in [6.45, 7) is -1.01. The number of imidazole rings is 2. The molecule has 1 aliphatic carbocycles. The number of hydrogen-bond acceptors (Lipinski definition) is 7. The van der Waals surface area contributed by atoms with Gasteiger partial charge in [-0.2, -0.15) is 15.2 Å². The number of aliphatic hydroxyl groups excluding tert-OH is 1. The molecular weight excluding hydrogens is 458 g/mol. The van der Waals surface area contributed by atoms with E-state index >= 15 is 0 Å². The Morgan fingerprint density at radius 3 is 2.60 bits per heavy atom. The van der Waals surface area contributed by atoms with Crippen LogP contribution in [0.25, 0.3) is 28.1 Å². The Kier molecular flexibility index (Phi) is 4.69. The summed E-state index contributed by atoms with van der Waals surface area (Å²) in [7, 11) is 1.59. The number of nitrogens with zero attached hydrogens (tertiary/aromatic N) is 8. The molecule has 0 unspecified atom stereocenters. The molecule has 1 N–H and O–H groups in total. The second kappa shape index (κ2) is 7.58. The van der Waals surface area contributed by atoms with E-state index in [1.807, 2.05) is 0 Å². The van der Waals surface area contributed by atoms with Crippen LogP contribution in [0.1, 0.15) is 37.3 Å². The minimum atomic E-state index is -2.83. The molecule has 1 saturated heterocycles. The van der Waals surface area contributed by atoms with Crippen molar-refractivity contribution in [2.75, 3.05) is 18.0 Å². The number of hydrogen-bond donors (Lipinski definition) is 1. The molecule has 2 aliphatic rings. The minimum absolute atomic E-state index is 0.173. The number of benzene rings is 1. The van der Waals surface area contributed by atoms with Crippen molar-refractivity contribution in [1.82, 2.24) is 28.7 Å². The van der Waals surface area contributed by atoms with Crippen LogP contribution in [0.5, 0.6) is 0 Å². The second-order valence-corrected chi connectivity index (χ2v) is 9.34. The van der Waals surface area contributed by atoms with Gasteiger partial charge in [0.25, 0.3) is 5.92 Å². The molecule has 0 atom stereocenters. The Labute approximate surface area is 197 Å². The number of fused-ring (bicyclic) bond motifs is 2. The standard InChI is InChI=1S/C23H22F2N8O2/c1-30-18-19(31-10-23(24,25)11-31)28-21(32-12-27-16-7-2-13(9-26)8-17(16)32)29-20(18)33(22(30)35)14-3-5-15(34)6-4-14/h2,7-8,12,14-15,34H,3-6,10-11H2,1H3. The number of aryl methyl sites for hydroxylation is 1. The molecule has 1 aliphatic heterocycles. The maximum Gasteiger partial charge on any atom is 0.330 e. The van der Waals surface area contributed by atoms with Gasteiger partial charge in [-0.15, -0.1) is 0 Å². The molecule has 10 nitrogen and oxygen atoms in total. The quantitative estimate of drug-likeness (QED) is 0.478. The Bertz CT molecular complexity index is 1560. The summed E-state index contributed by atoms with van der Waals surface area (Å²) in [5.41, 5.74) is 2.09. The fraction of sp³-hybridized carbons (Fsp3) is 0.435. The van der Waals surface area contributed by atoms with Crippen molar-refractivity contribution in [2.24, 2.45) is 7.05 Å². The van der Waals surface area contributed by atoms with E-state index in [9.17, 15) is 23.9 Å². The van der Waals surface area contributed by atoms with E-state index in [0.717, 1.165) is 0 Å². The van der Waals surface area contributed by atoms with Crippen LogP contribution in [0.2, 0.25) is 0 Å². The number of aromatic nitrogens is 6. The highest BCUT2D eigenvalue weighted by Gasteiger charge is 2.46. The van der Waals surface area contributed by atoms with Gasteiger partial charge in [-0.05, 0) is 43.9 Å². The molecule has 0 bridgehead atoms. The van der Waals surface area contributed by atoms with Crippen molar-refractivity contribution in [3.63, 3.8) is 0 Å². The number of rotatable bonds is 3. The van der Waals surface area contributed by atoms with Crippen molar-refractivity contribution in [1.29, 1.82) is 5.26 Å². The van der Waals surface area contributed by atoms with E-state index in [2.05, 4.69) is 16.0 Å². The summed E-state index contributed by atoms with van der Waals surface area (Å²) >= 11 is 0. The summed E-state index contributed by atoms with van der Waals surface area (Å²) in [6.07, 6.45) is 3.47. The van der Waals surface area contributed by atoms with Crippen LogP contribution in [0.3, 0.4) is 0 Å². The van der Waals surface area contributed by atoms with Crippen molar-refractivity contribution in [3.05, 3.63) is 40.6 Å².